The maximum absolute atomic E-state index is 13.3. The fraction of sp³-hybridized carbons (Fsp3) is 0.545. The number of H-pyrrole nitrogens is 1. The van der Waals surface area contributed by atoms with E-state index in [9.17, 15) is 4.79 Å². The number of aromatic nitrogens is 5. The number of likely N-dealkylation sites (N-methyl/N-ethyl adjacent to an activating group) is 1. The van der Waals surface area contributed by atoms with Gasteiger partial charge in [0.2, 0.25) is 5.82 Å². The number of benzene rings is 1. The first-order valence-electron chi connectivity index (χ1n) is 11.0. The highest BCUT2D eigenvalue weighted by Crippen LogP contribution is 2.25. The van der Waals surface area contributed by atoms with Gasteiger partial charge in [0, 0.05) is 6.07 Å². The molecule has 4 rings (SSSR count). The average Bonchev–Trinajstić information content (AvgIpc) is 3.25. The number of rotatable bonds is 6. The van der Waals surface area contributed by atoms with Crippen LogP contribution >= 0.6 is 0 Å². The highest BCUT2D eigenvalue weighted by molar-refractivity contribution is 5.80. The molecule has 31 heavy (non-hydrogen) atoms. The van der Waals surface area contributed by atoms with E-state index in [0.29, 0.717) is 11.3 Å². The lowest BCUT2D eigenvalue weighted by Gasteiger charge is -2.34. The van der Waals surface area contributed by atoms with Crippen molar-refractivity contribution in [2.24, 2.45) is 0 Å². The molecule has 0 spiro atoms. The van der Waals surface area contributed by atoms with Gasteiger partial charge < -0.3 is 19.5 Å². The summed E-state index contributed by atoms with van der Waals surface area (Å²) < 4.78 is 7.22. The molecule has 1 atom stereocenters. The van der Waals surface area contributed by atoms with Gasteiger partial charge in [-0.15, -0.1) is 5.10 Å². The van der Waals surface area contributed by atoms with Crippen LogP contribution in [0.1, 0.15) is 44.6 Å². The summed E-state index contributed by atoms with van der Waals surface area (Å²) in [6, 6.07) is 7.51. The summed E-state index contributed by atoms with van der Waals surface area (Å²) in [6.07, 6.45) is 0.883. The number of piperazine rings is 1. The topological polar surface area (TPSA) is 94.6 Å². The van der Waals surface area contributed by atoms with Crippen LogP contribution in [0.15, 0.2) is 29.1 Å². The number of quaternary nitrogens is 2. The minimum Gasteiger partial charge on any atom is -0.497 e. The first-order chi connectivity index (χ1) is 14.8. The van der Waals surface area contributed by atoms with E-state index in [4.69, 9.17) is 4.74 Å². The van der Waals surface area contributed by atoms with Gasteiger partial charge in [0.1, 0.15) is 31.9 Å². The molecule has 2 aromatic heterocycles. The predicted octanol–water partition coefficient (Wildman–Crippen LogP) is -0.829. The number of methoxy groups -OCH3 is 1. The summed E-state index contributed by atoms with van der Waals surface area (Å²) in [4.78, 5) is 19.2. The molecule has 0 bridgehead atoms. The van der Waals surface area contributed by atoms with Crippen LogP contribution in [-0.4, -0.2) is 65.5 Å². The van der Waals surface area contributed by atoms with Crippen LogP contribution in [0.2, 0.25) is 0 Å². The van der Waals surface area contributed by atoms with Gasteiger partial charge in [-0.05, 0) is 54.3 Å². The second-order valence-corrected chi connectivity index (χ2v) is 9.17. The standard InChI is InChI=1S/C22H31N7O2/c1-6-22(2,3)29-20(24-25-26-29)19(28-11-9-27(4)10-12-28)17-13-15-7-8-16(31-5)14-18(15)23-21(17)30/h7-8,13-14,19H,6,9-12H2,1-5H3,(H,23,30)/p+2/t19-/m0/s1. The third-order valence-electron chi connectivity index (χ3n) is 6.74. The average molecular weight is 428 g/mol. The monoisotopic (exact) mass is 427 g/mol. The number of aromatic amines is 1. The van der Waals surface area contributed by atoms with Gasteiger partial charge in [-0.1, -0.05) is 6.92 Å². The quantitative estimate of drug-likeness (QED) is 0.478. The van der Waals surface area contributed by atoms with E-state index in [-0.39, 0.29) is 17.1 Å². The number of hydrogen-bond acceptors (Lipinski definition) is 5. The van der Waals surface area contributed by atoms with E-state index in [2.05, 4.69) is 48.3 Å². The normalized spacial score (nSPS) is 20.7. The molecule has 1 saturated heterocycles. The lowest BCUT2D eigenvalue weighted by Crippen LogP contribution is -3.27. The van der Waals surface area contributed by atoms with Crippen molar-refractivity contribution in [3.8, 4) is 5.75 Å². The smallest absolute Gasteiger partial charge is 0.258 e. The van der Waals surface area contributed by atoms with E-state index in [0.717, 1.165) is 49.3 Å². The van der Waals surface area contributed by atoms with Crippen LogP contribution in [0.4, 0.5) is 0 Å². The van der Waals surface area contributed by atoms with Crippen molar-refractivity contribution in [3.05, 3.63) is 46.0 Å². The molecular weight excluding hydrogens is 394 g/mol. The first kappa shape index (κ1) is 21.5. The largest absolute Gasteiger partial charge is 0.497 e. The Hall–Kier alpha value is -2.78. The Morgan fingerprint density at radius 1 is 1.23 bits per heavy atom. The third-order valence-corrected chi connectivity index (χ3v) is 6.74. The molecule has 1 aliphatic heterocycles. The molecule has 9 nitrogen and oxygen atoms in total. The zero-order valence-corrected chi connectivity index (χ0v) is 19.0. The maximum Gasteiger partial charge on any atom is 0.258 e. The number of hydrogen-bond donors (Lipinski definition) is 3. The molecule has 1 aromatic carbocycles. The van der Waals surface area contributed by atoms with Gasteiger partial charge in [-0.3, -0.25) is 4.79 Å². The second kappa shape index (κ2) is 8.39. The number of fused-ring (bicyclic) bond motifs is 1. The highest BCUT2D eigenvalue weighted by Gasteiger charge is 2.39. The van der Waals surface area contributed by atoms with Gasteiger partial charge in [-0.25, -0.2) is 4.68 Å². The van der Waals surface area contributed by atoms with Crippen LogP contribution in [-0.2, 0) is 5.54 Å². The van der Waals surface area contributed by atoms with E-state index < -0.39 is 0 Å². The van der Waals surface area contributed by atoms with Crippen LogP contribution in [0.3, 0.4) is 0 Å². The minimum atomic E-state index is -0.245. The summed E-state index contributed by atoms with van der Waals surface area (Å²) in [7, 11) is 3.84. The van der Waals surface area contributed by atoms with Gasteiger partial charge in [0.15, 0.2) is 6.04 Å². The zero-order valence-electron chi connectivity index (χ0n) is 19.0. The number of nitrogens with one attached hydrogen (secondary N) is 3. The van der Waals surface area contributed by atoms with Gasteiger partial charge >= 0.3 is 0 Å². The molecule has 1 aliphatic rings. The van der Waals surface area contributed by atoms with Crippen molar-refractivity contribution in [2.45, 2.75) is 38.8 Å². The number of ether oxygens (including phenoxy) is 1. The van der Waals surface area contributed by atoms with E-state index in [1.54, 1.807) is 7.11 Å². The Morgan fingerprint density at radius 2 is 1.97 bits per heavy atom. The number of pyridine rings is 1. The van der Waals surface area contributed by atoms with Crippen LogP contribution < -0.4 is 20.1 Å². The summed E-state index contributed by atoms with van der Waals surface area (Å²) in [5.74, 6) is 1.47. The molecule has 0 unspecified atom stereocenters. The minimum absolute atomic E-state index is 0.103. The van der Waals surface area contributed by atoms with Crippen LogP contribution in [0, 0.1) is 0 Å². The fourth-order valence-corrected chi connectivity index (χ4v) is 4.32. The van der Waals surface area contributed by atoms with Crippen molar-refractivity contribution in [1.29, 1.82) is 0 Å². The summed E-state index contributed by atoms with van der Waals surface area (Å²) in [5.41, 5.74) is 1.12. The zero-order chi connectivity index (χ0) is 22.2. The molecule has 0 amide bonds. The van der Waals surface area contributed by atoms with Crippen molar-refractivity contribution >= 4 is 10.9 Å². The van der Waals surface area contributed by atoms with Gasteiger partial charge in [-0.2, -0.15) is 0 Å². The summed E-state index contributed by atoms with van der Waals surface area (Å²) >= 11 is 0. The SMILES string of the molecule is CCC(C)(C)n1nnnc1[C@H](c1cc2ccc(OC)cc2[nH]c1=O)[NH+]1CC[NH+](C)CC1. The maximum atomic E-state index is 13.3. The lowest BCUT2D eigenvalue weighted by molar-refractivity contribution is -1.02. The lowest BCUT2D eigenvalue weighted by atomic mass is 9.99. The molecule has 3 aromatic rings. The molecule has 0 radical (unpaired) electrons. The molecule has 9 heteroatoms. The molecule has 3 N–H and O–H groups in total. The Bertz CT molecular complexity index is 1110. The second-order valence-electron chi connectivity index (χ2n) is 9.17. The van der Waals surface area contributed by atoms with E-state index >= 15 is 0 Å². The summed E-state index contributed by atoms with van der Waals surface area (Å²) in [5, 5.41) is 13.8. The number of tetrazole rings is 1. The van der Waals surface area contributed by atoms with Crippen LogP contribution in [0.25, 0.3) is 10.9 Å². The Labute approximate surface area is 182 Å². The third kappa shape index (κ3) is 4.07. The molecule has 3 heterocycles. The Kier molecular flexibility index (Phi) is 5.81. The van der Waals surface area contributed by atoms with Crippen molar-refractivity contribution in [1.82, 2.24) is 25.2 Å². The van der Waals surface area contributed by atoms with Gasteiger partial charge in [0.25, 0.3) is 5.56 Å². The summed E-state index contributed by atoms with van der Waals surface area (Å²) in [6.45, 7) is 10.4. The molecule has 0 aliphatic carbocycles. The molecule has 0 saturated carbocycles. The Balaban J connectivity index is 1.87. The highest BCUT2D eigenvalue weighted by atomic mass is 16.5. The fourth-order valence-electron chi connectivity index (χ4n) is 4.32. The predicted molar refractivity (Wildman–Crippen MR) is 118 cm³/mol. The van der Waals surface area contributed by atoms with Crippen LogP contribution in [0.5, 0.6) is 5.75 Å². The van der Waals surface area contributed by atoms with E-state index in [1.165, 1.54) is 9.80 Å². The number of nitrogens with zero attached hydrogens (tertiary/aromatic N) is 4. The molecule has 166 valence electrons. The van der Waals surface area contributed by atoms with Crippen molar-refractivity contribution in [3.63, 3.8) is 0 Å². The van der Waals surface area contributed by atoms with Crippen molar-refractivity contribution in [2.75, 3.05) is 40.3 Å². The first-order valence-corrected chi connectivity index (χ1v) is 11.0. The van der Waals surface area contributed by atoms with Gasteiger partial charge in [0.05, 0.1) is 30.8 Å². The molecular formula is C22H33N7O2+2. The van der Waals surface area contributed by atoms with E-state index in [1.807, 2.05) is 28.9 Å². The Morgan fingerprint density at radius 3 is 2.65 bits per heavy atom. The molecule has 1 fully saturated rings. The van der Waals surface area contributed by atoms with Crippen molar-refractivity contribution < 1.29 is 14.5 Å².